The molecule has 0 saturated heterocycles. The number of hydrogen-bond acceptors (Lipinski definition) is 3. The van der Waals surface area contributed by atoms with Gasteiger partial charge in [0.25, 0.3) is 5.91 Å². The van der Waals surface area contributed by atoms with E-state index in [-0.39, 0.29) is 11.8 Å². The molecule has 1 N–H and O–H groups in total. The number of nitrogens with one attached hydrogen (secondary N) is 1. The third kappa shape index (κ3) is 4.53. The second-order valence-corrected chi connectivity index (χ2v) is 8.43. The summed E-state index contributed by atoms with van der Waals surface area (Å²) in [5.41, 5.74) is 3.11. The third-order valence-electron chi connectivity index (χ3n) is 5.85. The van der Waals surface area contributed by atoms with Crippen LogP contribution in [0.15, 0.2) is 73.1 Å². The fourth-order valence-corrected chi connectivity index (χ4v) is 4.51. The predicted octanol–water partition coefficient (Wildman–Crippen LogP) is 5.13. The number of rotatable bonds is 7. The fraction of sp³-hybridized carbons (Fsp3) is 0.269. The van der Waals surface area contributed by atoms with Crippen molar-refractivity contribution in [3.8, 4) is 0 Å². The van der Waals surface area contributed by atoms with Crippen molar-refractivity contribution < 1.29 is 9.59 Å². The monoisotopic (exact) mass is 447 g/mol. The Hall–Kier alpha value is -3.18. The molecule has 5 nitrogen and oxygen atoms in total. The van der Waals surface area contributed by atoms with Crippen molar-refractivity contribution in [3.05, 3.63) is 100 Å². The summed E-state index contributed by atoms with van der Waals surface area (Å²) in [7, 11) is 0. The Balaban J connectivity index is 1.77. The summed E-state index contributed by atoms with van der Waals surface area (Å²) < 4.78 is 0. The molecule has 0 radical (unpaired) electrons. The van der Waals surface area contributed by atoms with Crippen molar-refractivity contribution in [1.29, 1.82) is 0 Å². The van der Waals surface area contributed by atoms with Crippen molar-refractivity contribution in [2.24, 2.45) is 0 Å². The molecule has 6 heteroatoms. The zero-order valence-electron chi connectivity index (χ0n) is 18.0. The number of carbonyl (C=O) groups is 2. The lowest BCUT2D eigenvalue weighted by atomic mass is 9.79. The maximum Gasteiger partial charge on any atom is 0.254 e. The molecule has 0 aliphatic carbocycles. The van der Waals surface area contributed by atoms with E-state index in [0.717, 1.165) is 29.5 Å². The molecule has 0 fully saturated rings. The van der Waals surface area contributed by atoms with Gasteiger partial charge < -0.3 is 10.2 Å². The highest BCUT2D eigenvalue weighted by Crippen LogP contribution is 2.43. The molecule has 0 spiro atoms. The Morgan fingerprint density at radius 3 is 2.72 bits per heavy atom. The number of nitrogens with zero attached hydrogens (tertiary/aromatic N) is 2. The van der Waals surface area contributed by atoms with E-state index in [9.17, 15) is 9.59 Å². The summed E-state index contributed by atoms with van der Waals surface area (Å²) in [4.78, 5) is 33.1. The quantitative estimate of drug-likeness (QED) is 0.546. The smallest absolute Gasteiger partial charge is 0.254 e. The number of halogens is 1. The van der Waals surface area contributed by atoms with Crippen molar-refractivity contribution in [1.82, 2.24) is 15.2 Å². The van der Waals surface area contributed by atoms with Gasteiger partial charge in [-0.1, -0.05) is 61.3 Å². The largest absolute Gasteiger partial charge is 0.351 e. The van der Waals surface area contributed by atoms with E-state index in [1.54, 1.807) is 18.5 Å². The summed E-state index contributed by atoms with van der Waals surface area (Å²) in [6, 6.07) is 18.2. The lowest BCUT2D eigenvalue weighted by molar-refractivity contribution is -0.124. The zero-order chi connectivity index (χ0) is 22.5. The van der Waals surface area contributed by atoms with Crippen molar-refractivity contribution >= 4 is 23.4 Å². The maximum atomic E-state index is 13.6. The molecule has 1 aromatic heterocycles. The van der Waals surface area contributed by atoms with E-state index >= 15 is 0 Å². The maximum absolute atomic E-state index is 13.6. The van der Waals surface area contributed by atoms with Crippen LogP contribution < -0.4 is 5.32 Å². The zero-order valence-corrected chi connectivity index (χ0v) is 18.8. The van der Waals surface area contributed by atoms with Gasteiger partial charge in [-0.3, -0.25) is 14.6 Å². The van der Waals surface area contributed by atoms with E-state index in [1.165, 1.54) is 0 Å². The molecule has 1 aliphatic rings. The number of aromatic nitrogens is 1. The van der Waals surface area contributed by atoms with Crippen molar-refractivity contribution in [3.63, 3.8) is 0 Å². The summed E-state index contributed by atoms with van der Waals surface area (Å²) in [6.45, 7) is 3.04. The second kappa shape index (κ2) is 9.96. The van der Waals surface area contributed by atoms with Gasteiger partial charge in [-0.15, -0.1) is 0 Å². The molecule has 0 bridgehead atoms. The molecule has 2 atom stereocenters. The molecule has 3 aromatic rings. The highest BCUT2D eigenvalue weighted by atomic mass is 35.5. The van der Waals surface area contributed by atoms with Gasteiger partial charge in [0, 0.05) is 36.1 Å². The van der Waals surface area contributed by atoms with Gasteiger partial charge in [-0.25, -0.2) is 0 Å². The van der Waals surface area contributed by atoms with Crippen LogP contribution in [-0.4, -0.2) is 28.2 Å². The van der Waals surface area contributed by atoms with Crippen molar-refractivity contribution in [2.45, 2.75) is 38.3 Å². The SMILES string of the molecule is CCCCN1C(=O)c2ccccc2[C@@H](C(=O)NCc2cccnc2)[C@H]1c1cccc(Cl)c1. The Kier molecular flexibility index (Phi) is 6.86. The lowest BCUT2D eigenvalue weighted by Crippen LogP contribution is -2.47. The molecule has 0 unspecified atom stereocenters. The average molecular weight is 448 g/mol. The minimum absolute atomic E-state index is 0.0460. The normalized spacial score (nSPS) is 17.7. The standard InChI is InChI=1S/C26H26ClN3O2/c1-2-3-14-30-24(19-9-6-10-20(27)15-19)23(21-11-4-5-12-22(21)26(30)32)25(31)29-17-18-8-7-13-28-16-18/h4-13,15-16,23-24H,2-3,14,17H2,1H3,(H,29,31)/t23-,24-/m1/s1. The van der Waals surface area contributed by atoms with Crippen LogP contribution in [0.5, 0.6) is 0 Å². The highest BCUT2D eigenvalue weighted by molar-refractivity contribution is 6.30. The number of fused-ring (bicyclic) bond motifs is 1. The Bertz CT molecular complexity index is 1100. The van der Waals surface area contributed by atoms with Gasteiger partial charge in [0.05, 0.1) is 12.0 Å². The van der Waals surface area contributed by atoms with Crippen LogP contribution in [0, 0.1) is 0 Å². The molecular formula is C26H26ClN3O2. The first-order chi connectivity index (χ1) is 15.6. The third-order valence-corrected chi connectivity index (χ3v) is 6.09. The van der Waals surface area contributed by atoms with E-state index in [4.69, 9.17) is 11.6 Å². The number of hydrogen-bond donors (Lipinski definition) is 1. The van der Waals surface area contributed by atoms with Gasteiger partial charge in [0.15, 0.2) is 0 Å². The highest BCUT2D eigenvalue weighted by Gasteiger charge is 2.43. The number of benzene rings is 2. The Morgan fingerprint density at radius 1 is 1.12 bits per heavy atom. The fourth-order valence-electron chi connectivity index (χ4n) is 4.31. The van der Waals surface area contributed by atoms with Gasteiger partial charge in [-0.05, 0) is 47.4 Å². The first kappa shape index (κ1) is 22.0. The van der Waals surface area contributed by atoms with Crippen LogP contribution in [0.2, 0.25) is 5.02 Å². The lowest BCUT2D eigenvalue weighted by Gasteiger charge is -2.42. The number of pyridine rings is 1. The molecule has 2 heterocycles. The first-order valence-electron chi connectivity index (χ1n) is 10.9. The molecular weight excluding hydrogens is 422 g/mol. The molecule has 4 rings (SSSR count). The van der Waals surface area contributed by atoms with Gasteiger partial charge in [0.1, 0.15) is 0 Å². The average Bonchev–Trinajstić information content (AvgIpc) is 2.82. The topological polar surface area (TPSA) is 62.3 Å². The van der Waals surface area contributed by atoms with Crippen molar-refractivity contribution in [2.75, 3.05) is 6.54 Å². The Labute approximate surface area is 193 Å². The van der Waals surface area contributed by atoms with E-state index < -0.39 is 12.0 Å². The van der Waals surface area contributed by atoms with Crippen LogP contribution in [0.25, 0.3) is 0 Å². The first-order valence-corrected chi connectivity index (χ1v) is 11.3. The van der Waals surface area contributed by atoms with Gasteiger partial charge in [-0.2, -0.15) is 0 Å². The van der Waals surface area contributed by atoms with E-state index in [0.29, 0.717) is 23.7 Å². The van der Waals surface area contributed by atoms with Crippen LogP contribution in [0.4, 0.5) is 0 Å². The molecule has 2 amide bonds. The molecule has 32 heavy (non-hydrogen) atoms. The summed E-state index contributed by atoms with van der Waals surface area (Å²) in [5, 5.41) is 3.65. The molecule has 0 saturated carbocycles. The predicted molar refractivity (Wildman–Crippen MR) is 125 cm³/mol. The second-order valence-electron chi connectivity index (χ2n) is 8.00. The number of amides is 2. The van der Waals surface area contributed by atoms with Gasteiger partial charge in [0.2, 0.25) is 5.91 Å². The minimum Gasteiger partial charge on any atom is -0.351 e. The number of carbonyl (C=O) groups excluding carboxylic acids is 2. The summed E-state index contributed by atoms with van der Waals surface area (Å²) in [5.74, 6) is -0.716. The number of unbranched alkanes of at least 4 members (excludes halogenated alkanes) is 1. The van der Waals surface area contributed by atoms with E-state index in [1.807, 2.05) is 59.5 Å². The molecule has 164 valence electrons. The molecule has 2 aromatic carbocycles. The Morgan fingerprint density at radius 2 is 1.97 bits per heavy atom. The van der Waals surface area contributed by atoms with Crippen LogP contribution in [0.3, 0.4) is 0 Å². The minimum atomic E-state index is -0.545. The van der Waals surface area contributed by atoms with Crippen LogP contribution >= 0.6 is 11.6 Å². The molecule has 1 aliphatic heterocycles. The van der Waals surface area contributed by atoms with E-state index in [2.05, 4.69) is 17.2 Å². The van der Waals surface area contributed by atoms with Crippen LogP contribution in [-0.2, 0) is 11.3 Å². The summed E-state index contributed by atoms with van der Waals surface area (Å²) in [6.07, 6.45) is 5.25. The van der Waals surface area contributed by atoms with Crippen LogP contribution in [0.1, 0.15) is 58.8 Å². The van der Waals surface area contributed by atoms with Gasteiger partial charge >= 0.3 is 0 Å². The summed E-state index contributed by atoms with van der Waals surface area (Å²) >= 11 is 6.31.